The monoisotopic (exact) mass is 131 g/mol. The van der Waals surface area contributed by atoms with Gasteiger partial charge in [0.25, 0.3) is 0 Å². The van der Waals surface area contributed by atoms with E-state index in [1.165, 1.54) is 5.71 Å². The third-order valence-corrected chi connectivity index (χ3v) is 1.35. The van der Waals surface area contributed by atoms with E-state index in [4.69, 9.17) is 5.90 Å². The molecule has 0 spiro atoms. The van der Waals surface area contributed by atoms with E-state index in [0.717, 1.165) is 6.42 Å². The van der Waals surface area contributed by atoms with Crippen molar-refractivity contribution in [2.24, 2.45) is 5.90 Å². The largest absolute Gasteiger partial charge is 0.304 e. The maximum Gasteiger partial charge on any atom is 0.151 e. The van der Waals surface area contributed by atoms with Gasteiger partial charge in [0, 0.05) is 6.92 Å². The Labute approximate surface area is 56.1 Å². The number of hydrogen-bond acceptors (Lipinski definition) is 2. The van der Waals surface area contributed by atoms with E-state index in [0.29, 0.717) is 6.61 Å². The van der Waals surface area contributed by atoms with Gasteiger partial charge in [0.1, 0.15) is 14.1 Å². The van der Waals surface area contributed by atoms with Crippen LogP contribution in [0, 0.1) is 0 Å². The molecule has 0 aromatic rings. The molecule has 0 amide bonds. The van der Waals surface area contributed by atoms with E-state index in [1.54, 1.807) is 0 Å². The fraction of sp³-hybridized carbons (Fsp3) is 0.833. The van der Waals surface area contributed by atoms with Crippen LogP contribution in [0.25, 0.3) is 0 Å². The van der Waals surface area contributed by atoms with Crippen LogP contribution in [0.4, 0.5) is 0 Å². The molecule has 0 radical (unpaired) electrons. The van der Waals surface area contributed by atoms with Crippen LogP contribution >= 0.6 is 0 Å². The first-order valence-corrected chi connectivity index (χ1v) is 3.00. The Morgan fingerprint density at radius 3 is 2.44 bits per heavy atom. The first-order chi connectivity index (χ1) is 4.18. The summed E-state index contributed by atoms with van der Waals surface area (Å²) in [4.78, 5) is 4.42. The Bertz CT molecular complexity index is 106. The Hall–Kier alpha value is -0.410. The van der Waals surface area contributed by atoms with Crippen LogP contribution in [0.1, 0.15) is 13.3 Å². The average Bonchev–Trinajstić information content (AvgIpc) is 1.82. The molecule has 0 aromatic heterocycles. The van der Waals surface area contributed by atoms with Gasteiger partial charge >= 0.3 is 0 Å². The maximum atomic E-state index is 4.85. The highest BCUT2D eigenvalue weighted by Crippen LogP contribution is 1.82. The first kappa shape index (κ1) is 8.59. The summed E-state index contributed by atoms with van der Waals surface area (Å²) in [6.45, 7) is 2.66. The predicted octanol–water partition coefficient (Wildman–Crippen LogP) is -0.000200. The summed E-state index contributed by atoms with van der Waals surface area (Å²) >= 11 is 0. The van der Waals surface area contributed by atoms with Crippen molar-refractivity contribution >= 4 is 5.71 Å². The van der Waals surface area contributed by atoms with Crippen LogP contribution in [-0.2, 0) is 4.84 Å². The highest BCUT2D eigenvalue weighted by molar-refractivity contribution is 5.76. The van der Waals surface area contributed by atoms with E-state index < -0.39 is 0 Å². The summed E-state index contributed by atoms with van der Waals surface area (Å²) in [5.41, 5.74) is 1.28. The molecule has 3 nitrogen and oxygen atoms in total. The van der Waals surface area contributed by atoms with Gasteiger partial charge in [-0.25, -0.2) is 10.5 Å². The van der Waals surface area contributed by atoms with Crippen molar-refractivity contribution < 1.29 is 9.41 Å². The summed E-state index contributed by atoms with van der Waals surface area (Å²) in [5.74, 6) is 4.85. The van der Waals surface area contributed by atoms with Crippen LogP contribution in [0.5, 0.6) is 0 Å². The van der Waals surface area contributed by atoms with Gasteiger partial charge in [-0.15, -0.1) is 0 Å². The third kappa shape index (κ3) is 4.12. The third-order valence-electron chi connectivity index (χ3n) is 1.35. The van der Waals surface area contributed by atoms with Gasteiger partial charge in [0.05, 0.1) is 13.0 Å². The maximum absolute atomic E-state index is 4.85. The lowest BCUT2D eigenvalue weighted by molar-refractivity contribution is -0.466. The number of rotatable bonds is 3. The van der Waals surface area contributed by atoms with Crippen LogP contribution in [-0.4, -0.2) is 31.0 Å². The molecule has 3 heteroatoms. The number of hydrogen-bond donors (Lipinski definition) is 1. The second-order valence-electron chi connectivity index (χ2n) is 2.25. The Morgan fingerprint density at radius 2 is 2.11 bits per heavy atom. The molecule has 0 bridgehead atoms. The molecule has 0 aliphatic carbocycles. The topological polar surface area (TPSA) is 38.3 Å². The molecular formula is C6H15N2O+. The van der Waals surface area contributed by atoms with Crippen LogP contribution in [0.2, 0.25) is 0 Å². The molecule has 0 unspecified atom stereocenters. The molecule has 0 heterocycles. The van der Waals surface area contributed by atoms with Crippen molar-refractivity contribution in [1.29, 1.82) is 0 Å². The van der Waals surface area contributed by atoms with Gasteiger partial charge in [-0.1, -0.05) is 0 Å². The lowest BCUT2D eigenvalue weighted by Crippen LogP contribution is -2.13. The predicted molar refractivity (Wildman–Crippen MR) is 37.5 cm³/mol. The van der Waals surface area contributed by atoms with Crippen molar-refractivity contribution in [2.75, 3.05) is 20.7 Å². The second kappa shape index (κ2) is 4.47. The Kier molecular flexibility index (Phi) is 4.26. The Balaban J connectivity index is 3.50. The highest BCUT2D eigenvalue weighted by Gasteiger charge is 1.97. The van der Waals surface area contributed by atoms with Crippen molar-refractivity contribution in [3.63, 3.8) is 0 Å². The molecule has 0 rings (SSSR count). The Morgan fingerprint density at radius 1 is 1.56 bits per heavy atom. The summed E-state index contributed by atoms with van der Waals surface area (Å²) in [7, 11) is 4.01. The average molecular weight is 131 g/mol. The van der Waals surface area contributed by atoms with Gasteiger partial charge in [0.2, 0.25) is 0 Å². The summed E-state index contributed by atoms with van der Waals surface area (Å²) in [6, 6.07) is 0. The van der Waals surface area contributed by atoms with Gasteiger partial charge in [-0.3, -0.25) is 0 Å². The van der Waals surface area contributed by atoms with Crippen LogP contribution < -0.4 is 5.90 Å². The van der Waals surface area contributed by atoms with Crippen LogP contribution in [0.3, 0.4) is 0 Å². The fourth-order valence-electron chi connectivity index (χ4n) is 0.430. The molecule has 54 valence electrons. The second-order valence-corrected chi connectivity index (χ2v) is 2.25. The lowest BCUT2D eigenvalue weighted by Gasteiger charge is -1.95. The quantitative estimate of drug-likeness (QED) is 0.332. The summed E-state index contributed by atoms with van der Waals surface area (Å²) in [5, 5.41) is 0. The zero-order valence-corrected chi connectivity index (χ0v) is 6.35. The lowest BCUT2D eigenvalue weighted by atomic mass is 10.3. The molecular weight excluding hydrogens is 116 g/mol. The molecule has 0 fully saturated rings. The van der Waals surface area contributed by atoms with E-state index in [1.807, 2.05) is 14.1 Å². The van der Waals surface area contributed by atoms with Gasteiger partial charge < -0.3 is 4.84 Å². The van der Waals surface area contributed by atoms with E-state index in [-0.39, 0.29) is 0 Å². The van der Waals surface area contributed by atoms with Crippen molar-refractivity contribution in [1.82, 2.24) is 0 Å². The van der Waals surface area contributed by atoms with E-state index >= 15 is 0 Å². The van der Waals surface area contributed by atoms with Crippen molar-refractivity contribution in [3.05, 3.63) is 0 Å². The number of nitrogens with zero attached hydrogens (tertiary/aromatic N) is 1. The number of nitrogens with two attached hydrogens (primary N) is 1. The van der Waals surface area contributed by atoms with E-state index in [2.05, 4.69) is 16.3 Å². The smallest absolute Gasteiger partial charge is 0.151 e. The van der Waals surface area contributed by atoms with Gasteiger partial charge in [-0.05, 0) is 0 Å². The molecule has 0 saturated carbocycles. The molecule has 0 aliphatic rings. The SMILES string of the molecule is CC(CCON)=[N+](C)C. The zero-order chi connectivity index (χ0) is 7.28. The molecule has 9 heavy (non-hydrogen) atoms. The molecule has 0 saturated heterocycles. The minimum Gasteiger partial charge on any atom is -0.304 e. The standard InChI is InChI=1S/C6H15N2O/c1-6(8(2)3)4-5-9-7/h4-5,7H2,1-3H3/q+1. The summed E-state index contributed by atoms with van der Waals surface area (Å²) in [6.07, 6.45) is 0.906. The van der Waals surface area contributed by atoms with Gasteiger partial charge in [0.15, 0.2) is 5.71 Å². The highest BCUT2D eigenvalue weighted by atomic mass is 16.6. The minimum absolute atomic E-state index is 0.601. The molecule has 0 aromatic carbocycles. The molecule has 0 aliphatic heterocycles. The first-order valence-electron chi connectivity index (χ1n) is 3.00. The van der Waals surface area contributed by atoms with Crippen molar-refractivity contribution in [2.45, 2.75) is 13.3 Å². The van der Waals surface area contributed by atoms with E-state index in [9.17, 15) is 0 Å². The molecule has 2 N–H and O–H groups in total. The van der Waals surface area contributed by atoms with Crippen LogP contribution in [0.15, 0.2) is 0 Å². The zero-order valence-electron chi connectivity index (χ0n) is 6.35. The van der Waals surface area contributed by atoms with Crippen molar-refractivity contribution in [3.8, 4) is 0 Å². The molecule has 0 atom stereocenters. The summed E-state index contributed by atoms with van der Waals surface area (Å²) < 4.78 is 2.05. The normalized spacial score (nSPS) is 9.33. The van der Waals surface area contributed by atoms with Gasteiger partial charge in [-0.2, -0.15) is 0 Å². The fourth-order valence-corrected chi connectivity index (χ4v) is 0.430. The minimum atomic E-state index is 0.601.